The molecule has 5 nitrogen and oxygen atoms in total. The van der Waals surface area contributed by atoms with Crippen molar-refractivity contribution in [2.45, 2.75) is 24.7 Å². The fourth-order valence-electron chi connectivity index (χ4n) is 3.43. The molecule has 0 radical (unpaired) electrons. The average molecular weight is 317 g/mol. The van der Waals surface area contributed by atoms with Gasteiger partial charge in [0.05, 0.1) is 13.2 Å². The van der Waals surface area contributed by atoms with Gasteiger partial charge >= 0.3 is 6.03 Å². The standard InChI is InChI=1S/C18H27N3O2/c22-17(19-9-10-21-11-13-23-14-12-21)20-15-18(7-4-8-18)16-5-2-1-3-6-16/h1-3,5-6H,4,7-15H2,(H2,19,20,22). The van der Waals surface area contributed by atoms with E-state index in [9.17, 15) is 4.79 Å². The molecule has 1 saturated carbocycles. The number of morpholine rings is 1. The van der Waals surface area contributed by atoms with Crippen molar-refractivity contribution in [1.29, 1.82) is 0 Å². The van der Waals surface area contributed by atoms with Crippen molar-refractivity contribution >= 4 is 6.03 Å². The van der Waals surface area contributed by atoms with Crippen LogP contribution in [0.3, 0.4) is 0 Å². The molecule has 2 aliphatic rings. The number of carbonyl (C=O) groups excluding carboxylic acids is 1. The third-order valence-corrected chi connectivity index (χ3v) is 5.10. The Hall–Kier alpha value is -1.59. The maximum absolute atomic E-state index is 12.0. The predicted octanol–water partition coefficient (Wildman–Crippen LogP) is 1.74. The van der Waals surface area contributed by atoms with E-state index >= 15 is 0 Å². The zero-order chi connectivity index (χ0) is 16.0. The predicted molar refractivity (Wildman–Crippen MR) is 90.6 cm³/mol. The molecule has 2 N–H and O–H groups in total. The lowest BCUT2D eigenvalue weighted by molar-refractivity contribution is 0.0387. The van der Waals surface area contributed by atoms with Gasteiger partial charge < -0.3 is 15.4 Å². The third-order valence-electron chi connectivity index (χ3n) is 5.10. The van der Waals surface area contributed by atoms with Crippen LogP contribution in [0.2, 0.25) is 0 Å². The molecule has 1 aromatic rings. The van der Waals surface area contributed by atoms with Gasteiger partial charge in [-0.3, -0.25) is 4.90 Å². The molecular formula is C18H27N3O2. The minimum atomic E-state index is -0.0551. The molecule has 0 aromatic heterocycles. The van der Waals surface area contributed by atoms with Crippen LogP contribution in [0, 0.1) is 0 Å². The number of hydrogen-bond acceptors (Lipinski definition) is 3. The van der Waals surface area contributed by atoms with E-state index in [1.165, 1.54) is 12.0 Å². The highest BCUT2D eigenvalue weighted by molar-refractivity contribution is 5.74. The van der Waals surface area contributed by atoms with E-state index in [1.54, 1.807) is 0 Å². The minimum absolute atomic E-state index is 0.0551. The van der Waals surface area contributed by atoms with Crippen LogP contribution in [-0.2, 0) is 10.2 Å². The van der Waals surface area contributed by atoms with Gasteiger partial charge in [0.2, 0.25) is 0 Å². The molecule has 3 rings (SSSR count). The van der Waals surface area contributed by atoms with Crippen LogP contribution in [0.5, 0.6) is 0 Å². The molecule has 1 aromatic carbocycles. The van der Waals surface area contributed by atoms with E-state index in [4.69, 9.17) is 4.74 Å². The van der Waals surface area contributed by atoms with E-state index < -0.39 is 0 Å². The first kappa shape index (κ1) is 16.3. The quantitative estimate of drug-likeness (QED) is 0.840. The van der Waals surface area contributed by atoms with E-state index in [0.717, 1.165) is 52.2 Å². The van der Waals surface area contributed by atoms with Crippen molar-refractivity contribution in [1.82, 2.24) is 15.5 Å². The van der Waals surface area contributed by atoms with Crippen LogP contribution in [0.15, 0.2) is 30.3 Å². The molecule has 1 heterocycles. The van der Waals surface area contributed by atoms with Crippen LogP contribution in [0.4, 0.5) is 4.79 Å². The largest absolute Gasteiger partial charge is 0.379 e. The van der Waals surface area contributed by atoms with Crippen molar-refractivity contribution in [3.63, 3.8) is 0 Å². The first-order chi connectivity index (χ1) is 11.3. The fourth-order valence-corrected chi connectivity index (χ4v) is 3.43. The second-order valence-corrected chi connectivity index (χ2v) is 6.56. The normalized spacial score (nSPS) is 20.5. The number of nitrogens with zero attached hydrogens (tertiary/aromatic N) is 1. The highest BCUT2D eigenvalue weighted by Crippen LogP contribution is 2.43. The summed E-state index contributed by atoms with van der Waals surface area (Å²) in [5, 5.41) is 6.04. The summed E-state index contributed by atoms with van der Waals surface area (Å²) in [7, 11) is 0. The summed E-state index contributed by atoms with van der Waals surface area (Å²) < 4.78 is 5.32. The maximum atomic E-state index is 12.0. The zero-order valence-corrected chi connectivity index (χ0v) is 13.7. The Kier molecular flexibility index (Phi) is 5.51. The minimum Gasteiger partial charge on any atom is -0.379 e. The van der Waals surface area contributed by atoms with Crippen molar-refractivity contribution in [2.24, 2.45) is 0 Å². The molecule has 1 aliphatic heterocycles. The molecular weight excluding hydrogens is 290 g/mol. The smallest absolute Gasteiger partial charge is 0.314 e. The second kappa shape index (κ2) is 7.79. The summed E-state index contributed by atoms with van der Waals surface area (Å²) in [6.45, 7) is 5.81. The van der Waals surface area contributed by atoms with Gasteiger partial charge in [0.25, 0.3) is 0 Å². The van der Waals surface area contributed by atoms with Crippen LogP contribution in [0.25, 0.3) is 0 Å². The van der Waals surface area contributed by atoms with Crippen molar-refractivity contribution in [2.75, 3.05) is 45.9 Å². The van der Waals surface area contributed by atoms with Gasteiger partial charge in [-0.15, -0.1) is 0 Å². The lowest BCUT2D eigenvalue weighted by Gasteiger charge is -2.42. The number of carbonyl (C=O) groups is 1. The van der Waals surface area contributed by atoms with Gasteiger partial charge in [-0.1, -0.05) is 36.8 Å². The zero-order valence-electron chi connectivity index (χ0n) is 13.7. The summed E-state index contributed by atoms with van der Waals surface area (Å²) in [5.74, 6) is 0. The monoisotopic (exact) mass is 317 g/mol. The SMILES string of the molecule is O=C(NCCN1CCOCC1)NCC1(c2ccccc2)CCC1. The number of amides is 2. The van der Waals surface area contributed by atoms with Crippen LogP contribution >= 0.6 is 0 Å². The Morgan fingerprint density at radius 1 is 1.13 bits per heavy atom. The molecule has 0 unspecified atom stereocenters. The summed E-state index contributed by atoms with van der Waals surface area (Å²) in [5.41, 5.74) is 1.49. The molecule has 0 bridgehead atoms. The first-order valence-corrected chi connectivity index (χ1v) is 8.66. The lowest BCUT2D eigenvalue weighted by Crippen LogP contribution is -2.49. The van der Waals surface area contributed by atoms with Crippen LogP contribution in [-0.4, -0.2) is 56.9 Å². The number of hydrogen-bond donors (Lipinski definition) is 2. The molecule has 2 amide bonds. The van der Waals surface area contributed by atoms with Crippen molar-refractivity contribution < 1.29 is 9.53 Å². The molecule has 0 atom stereocenters. The van der Waals surface area contributed by atoms with Gasteiger partial charge in [-0.2, -0.15) is 0 Å². The highest BCUT2D eigenvalue weighted by Gasteiger charge is 2.38. The Morgan fingerprint density at radius 3 is 2.52 bits per heavy atom. The summed E-state index contributed by atoms with van der Waals surface area (Å²) in [4.78, 5) is 14.4. The van der Waals surface area contributed by atoms with E-state index in [-0.39, 0.29) is 11.4 Å². The number of urea groups is 1. The summed E-state index contributed by atoms with van der Waals surface area (Å²) in [6, 6.07) is 10.5. The number of benzene rings is 1. The molecule has 5 heteroatoms. The molecule has 1 saturated heterocycles. The van der Waals surface area contributed by atoms with Gasteiger partial charge in [-0.25, -0.2) is 4.79 Å². The third kappa shape index (κ3) is 4.24. The van der Waals surface area contributed by atoms with Gasteiger partial charge in [0.15, 0.2) is 0 Å². The maximum Gasteiger partial charge on any atom is 0.314 e. The number of rotatable bonds is 6. The molecule has 126 valence electrons. The van der Waals surface area contributed by atoms with Gasteiger partial charge in [-0.05, 0) is 18.4 Å². The highest BCUT2D eigenvalue weighted by atomic mass is 16.5. The van der Waals surface area contributed by atoms with Crippen LogP contribution in [0.1, 0.15) is 24.8 Å². The topological polar surface area (TPSA) is 53.6 Å². The first-order valence-electron chi connectivity index (χ1n) is 8.66. The Balaban J connectivity index is 1.39. The molecule has 1 aliphatic carbocycles. The summed E-state index contributed by atoms with van der Waals surface area (Å²) >= 11 is 0. The van der Waals surface area contributed by atoms with E-state index in [1.807, 2.05) is 6.07 Å². The Morgan fingerprint density at radius 2 is 1.87 bits per heavy atom. The molecule has 23 heavy (non-hydrogen) atoms. The molecule has 0 spiro atoms. The Bertz CT molecular complexity index is 496. The number of nitrogens with one attached hydrogen (secondary N) is 2. The molecule has 2 fully saturated rings. The van der Waals surface area contributed by atoms with Crippen molar-refractivity contribution in [3.8, 4) is 0 Å². The fraction of sp³-hybridized carbons (Fsp3) is 0.611. The van der Waals surface area contributed by atoms with E-state index in [2.05, 4.69) is 39.8 Å². The second-order valence-electron chi connectivity index (χ2n) is 6.56. The van der Waals surface area contributed by atoms with Crippen molar-refractivity contribution in [3.05, 3.63) is 35.9 Å². The Labute approximate surface area is 138 Å². The van der Waals surface area contributed by atoms with E-state index in [0.29, 0.717) is 6.54 Å². The van der Waals surface area contributed by atoms with Gasteiger partial charge in [0, 0.05) is 38.1 Å². The number of ether oxygens (including phenoxy) is 1. The summed E-state index contributed by atoms with van der Waals surface area (Å²) in [6.07, 6.45) is 3.56. The lowest BCUT2D eigenvalue weighted by atomic mass is 9.64. The average Bonchev–Trinajstić information content (AvgIpc) is 2.56. The van der Waals surface area contributed by atoms with Crippen LogP contribution < -0.4 is 10.6 Å². The van der Waals surface area contributed by atoms with Gasteiger partial charge in [0.1, 0.15) is 0 Å².